The van der Waals surface area contributed by atoms with Gasteiger partial charge in [-0.1, -0.05) is 73.3 Å². The van der Waals surface area contributed by atoms with E-state index in [2.05, 4.69) is 82.5 Å². The Morgan fingerprint density at radius 3 is 2.26 bits per heavy atom. The Hall–Kier alpha value is -2.60. The van der Waals surface area contributed by atoms with Crippen molar-refractivity contribution in [3.8, 4) is 11.1 Å². The molecule has 0 amide bonds. The number of hydrogen-bond donors (Lipinski definition) is 0. The lowest BCUT2D eigenvalue weighted by Crippen LogP contribution is -1.98. The van der Waals surface area contributed by atoms with E-state index in [0.717, 1.165) is 5.57 Å². The first kappa shape index (κ1) is 15.3. The Labute approximate surface area is 138 Å². The SMILES string of the molecule is C=Cc1c(C(=C)C)c(C)c2cccc(C)c2c1-c1ccccc1. The highest BCUT2D eigenvalue weighted by Gasteiger charge is 2.18. The van der Waals surface area contributed by atoms with Gasteiger partial charge in [-0.15, -0.1) is 0 Å². The van der Waals surface area contributed by atoms with Crippen molar-refractivity contribution in [2.45, 2.75) is 20.8 Å². The summed E-state index contributed by atoms with van der Waals surface area (Å²) in [5, 5.41) is 2.61. The molecule has 0 aromatic heterocycles. The fourth-order valence-corrected chi connectivity index (χ4v) is 3.57. The summed E-state index contributed by atoms with van der Waals surface area (Å²) >= 11 is 0. The Bertz CT molecular complexity index is 912. The van der Waals surface area contributed by atoms with Crippen LogP contribution in [-0.4, -0.2) is 0 Å². The van der Waals surface area contributed by atoms with E-state index in [0.29, 0.717) is 0 Å². The molecule has 0 radical (unpaired) electrons. The summed E-state index contributed by atoms with van der Waals surface area (Å²) in [5.74, 6) is 0. The standard InChI is InChI=1S/C23H22/c1-6-19-21(15(2)3)17(5)20-14-10-11-16(4)22(20)23(19)18-12-8-7-9-13-18/h6-14H,1-2H2,3-5H3. The number of hydrogen-bond acceptors (Lipinski definition) is 0. The van der Waals surface area contributed by atoms with E-state index in [4.69, 9.17) is 0 Å². The summed E-state index contributed by atoms with van der Waals surface area (Å²) in [6.45, 7) is 14.8. The predicted molar refractivity (Wildman–Crippen MR) is 104 cm³/mol. The zero-order valence-corrected chi connectivity index (χ0v) is 14.1. The highest BCUT2D eigenvalue weighted by atomic mass is 14.2. The highest BCUT2D eigenvalue weighted by molar-refractivity contribution is 6.07. The Morgan fingerprint density at radius 2 is 1.65 bits per heavy atom. The number of allylic oxidation sites excluding steroid dienone is 1. The van der Waals surface area contributed by atoms with Gasteiger partial charge < -0.3 is 0 Å². The van der Waals surface area contributed by atoms with Gasteiger partial charge in [-0.25, -0.2) is 0 Å². The van der Waals surface area contributed by atoms with Crippen LogP contribution in [0, 0.1) is 13.8 Å². The van der Waals surface area contributed by atoms with Crippen LogP contribution in [0.2, 0.25) is 0 Å². The van der Waals surface area contributed by atoms with Crippen LogP contribution in [0.4, 0.5) is 0 Å². The van der Waals surface area contributed by atoms with Crippen molar-refractivity contribution < 1.29 is 0 Å². The third kappa shape index (κ3) is 2.41. The number of rotatable bonds is 3. The Morgan fingerprint density at radius 1 is 0.957 bits per heavy atom. The molecule has 0 atom stereocenters. The van der Waals surface area contributed by atoms with Crippen LogP contribution >= 0.6 is 0 Å². The second kappa shape index (κ2) is 5.89. The fraction of sp³-hybridized carbons (Fsp3) is 0.130. The van der Waals surface area contributed by atoms with Crippen molar-refractivity contribution in [1.82, 2.24) is 0 Å². The zero-order chi connectivity index (χ0) is 16.6. The summed E-state index contributed by atoms with van der Waals surface area (Å²) in [4.78, 5) is 0. The molecule has 0 aliphatic carbocycles. The minimum atomic E-state index is 1.08. The van der Waals surface area contributed by atoms with Gasteiger partial charge in [0.05, 0.1) is 0 Å². The Balaban J connectivity index is 2.62. The van der Waals surface area contributed by atoms with Crippen molar-refractivity contribution in [2.24, 2.45) is 0 Å². The normalized spacial score (nSPS) is 10.7. The smallest absolute Gasteiger partial charge is 0.00241 e. The monoisotopic (exact) mass is 298 g/mol. The molecule has 0 heterocycles. The van der Waals surface area contributed by atoms with Gasteiger partial charge in [-0.2, -0.15) is 0 Å². The highest BCUT2D eigenvalue weighted by Crippen LogP contribution is 2.41. The molecule has 0 heteroatoms. The lowest BCUT2D eigenvalue weighted by molar-refractivity contribution is 1.42. The maximum Gasteiger partial charge on any atom is -0.00241 e. The van der Waals surface area contributed by atoms with E-state index in [1.165, 1.54) is 44.2 Å². The van der Waals surface area contributed by atoms with Gasteiger partial charge in [0.15, 0.2) is 0 Å². The summed E-state index contributed by atoms with van der Waals surface area (Å²) in [7, 11) is 0. The molecule has 0 unspecified atom stereocenters. The molecule has 0 aliphatic rings. The molecule has 3 aromatic carbocycles. The second-order valence-electron chi connectivity index (χ2n) is 6.14. The number of fused-ring (bicyclic) bond motifs is 1. The van der Waals surface area contributed by atoms with Crippen LogP contribution in [0.15, 0.2) is 61.7 Å². The molecule has 0 nitrogen and oxygen atoms in total. The quantitative estimate of drug-likeness (QED) is 0.499. The maximum atomic E-state index is 4.21. The van der Waals surface area contributed by atoms with E-state index >= 15 is 0 Å². The molecular weight excluding hydrogens is 276 g/mol. The van der Waals surface area contributed by atoms with E-state index in [1.54, 1.807) is 0 Å². The lowest BCUT2D eigenvalue weighted by atomic mass is 9.83. The second-order valence-corrected chi connectivity index (χ2v) is 6.14. The van der Waals surface area contributed by atoms with Gasteiger partial charge in [0.25, 0.3) is 0 Å². The zero-order valence-electron chi connectivity index (χ0n) is 14.1. The molecule has 0 aliphatic heterocycles. The average Bonchev–Trinajstić information content (AvgIpc) is 2.55. The van der Waals surface area contributed by atoms with E-state index in [1.807, 2.05) is 6.08 Å². The third-order valence-electron chi connectivity index (χ3n) is 4.53. The first-order chi connectivity index (χ1) is 11.1. The molecule has 3 aromatic rings. The van der Waals surface area contributed by atoms with Crippen LogP contribution in [0.3, 0.4) is 0 Å². The first-order valence-corrected chi connectivity index (χ1v) is 7.96. The van der Waals surface area contributed by atoms with Gasteiger partial charge in [0, 0.05) is 0 Å². The average molecular weight is 298 g/mol. The molecule has 23 heavy (non-hydrogen) atoms. The molecule has 0 spiro atoms. The molecule has 0 saturated carbocycles. The lowest BCUT2D eigenvalue weighted by Gasteiger charge is -2.21. The van der Waals surface area contributed by atoms with E-state index < -0.39 is 0 Å². The van der Waals surface area contributed by atoms with Gasteiger partial charge in [0.2, 0.25) is 0 Å². The van der Waals surface area contributed by atoms with Gasteiger partial charge in [-0.05, 0) is 64.9 Å². The number of aryl methyl sites for hydroxylation is 2. The number of benzene rings is 3. The molecule has 0 saturated heterocycles. The molecule has 0 N–H and O–H groups in total. The van der Waals surface area contributed by atoms with Crippen molar-refractivity contribution in [3.05, 3.63) is 83.9 Å². The van der Waals surface area contributed by atoms with Gasteiger partial charge in [0.1, 0.15) is 0 Å². The van der Waals surface area contributed by atoms with Gasteiger partial charge >= 0.3 is 0 Å². The van der Waals surface area contributed by atoms with Gasteiger partial charge in [-0.3, -0.25) is 0 Å². The van der Waals surface area contributed by atoms with Crippen LogP contribution in [0.1, 0.15) is 29.2 Å². The molecular formula is C23H22. The fourth-order valence-electron chi connectivity index (χ4n) is 3.57. The van der Waals surface area contributed by atoms with E-state index in [9.17, 15) is 0 Å². The summed E-state index contributed by atoms with van der Waals surface area (Å²) < 4.78 is 0. The van der Waals surface area contributed by atoms with Crippen molar-refractivity contribution in [2.75, 3.05) is 0 Å². The summed E-state index contributed by atoms with van der Waals surface area (Å²) in [6, 6.07) is 17.1. The van der Waals surface area contributed by atoms with Crippen molar-refractivity contribution in [3.63, 3.8) is 0 Å². The Kier molecular flexibility index (Phi) is 3.92. The predicted octanol–water partition coefficient (Wildman–Crippen LogP) is 6.80. The topological polar surface area (TPSA) is 0 Å². The minimum Gasteiger partial charge on any atom is -0.0984 e. The van der Waals surface area contributed by atoms with E-state index in [-0.39, 0.29) is 0 Å². The van der Waals surface area contributed by atoms with Crippen LogP contribution in [-0.2, 0) is 0 Å². The molecule has 114 valence electrons. The minimum absolute atomic E-state index is 1.08. The van der Waals surface area contributed by atoms with Crippen LogP contribution in [0.25, 0.3) is 33.5 Å². The van der Waals surface area contributed by atoms with Crippen LogP contribution in [0.5, 0.6) is 0 Å². The maximum absolute atomic E-state index is 4.21. The third-order valence-corrected chi connectivity index (χ3v) is 4.53. The molecule has 0 bridgehead atoms. The van der Waals surface area contributed by atoms with Crippen molar-refractivity contribution >= 4 is 22.4 Å². The van der Waals surface area contributed by atoms with Crippen LogP contribution < -0.4 is 0 Å². The summed E-state index contributed by atoms with van der Waals surface area (Å²) in [5.41, 5.74) is 8.55. The largest absolute Gasteiger partial charge is 0.0984 e. The molecule has 0 fully saturated rings. The first-order valence-electron chi connectivity index (χ1n) is 7.96. The van der Waals surface area contributed by atoms with Crippen molar-refractivity contribution in [1.29, 1.82) is 0 Å². The molecule has 3 rings (SSSR count). The summed E-state index contributed by atoms with van der Waals surface area (Å²) in [6.07, 6.45) is 1.98.